The van der Waals surface area contributed by atoms with Gasteiger partial charge in [0.15, 0.2) is 11.5 Å². The molecule has 1 aliphatic carbocycles. The van der Waals surface area contributed by atoms with Gasteiger partial charge < -0.3 is 14.6 Å². The minimum absolute atomic E-state index is 0.233. The number of carboxylic acids is 1. The molecule has 1 saturated carbocycles. The molecule has 0 heterocycles. The van der Waals surface area contributed by atoms with Crippen LogP contribution < -0.4 is 9.47 Å². The fraction of sp³-hybridized carbons (Fsp3) is 0.588. The van der Waals surface area contributed by atoms with E-state index in [1.807, 2.05) is 12.1 Å². The highest BCUT2D eigenvalue weighted by atomic mass is 16.5. The van der Waals surface area contributed by atoms with Crippen LogP contribution in [0, 0.1) is 0 Å². The lowest BCUT2D eigenvalue weighted by atomic mass is 9.74. The summed E-state index contributed by atoms with van der Waals surface area (Å²) >= 11 is 0. The van der Waals surface area contributed by atoms with Gasteiger partial charge in [-0.3, -0.25) is 4.79 Å². The van der Waals surface area contributed by atoms with Gasteiger partial charge in [-0.2, -0.15) is 0 Å². The zero-order valence-corrected chi connectivity index (χ0v) is 13.2. The summed E-state index contributed by atoms with van der Waals surface area (Å²) in [5.74, 6) is 0.655. The molecule has 1 aromatic carbocycles. The van der Waals surface area contributed by atoms with Gasteiger partial charge in [-0.05, 0) is 30.4 Å². The van der Waals surface area contributed by atoms with Crippen molar-refractivity contribution in [3.05, 3.63) is 23.3 Å². The second-order valence-corrected chi connectivity index (χ2v) is 6.01. The molecule has 4 heteroatoms. The van der Waals surface area contributed by atoms with Gasteiger partial charge in [0, 0.05) is 5.56 Å². The summed E-state index contributed by atoms with van der Waals surface area (Å²) in [4.78, 5) is 12.1. The summed E-state index contributed by atoms with van der Waals surface area (Å²) in [6.45, 7) is 4.16. The van der Waals surface area contributed by atoms with Gasteiger partial charge in [-0.1, -0.05) is 32.8 Å². The Bertz CT molecular complexity index is 528. The lowest BCUT2D eigenvalue weighted by Crippen LogP contribution is -2.34. The second kappa shape index (κ2) is 5.96. The minimum atomic E-state index is -0.848. The Morgan fingerprint density at radius 2 is 1.81 bits per heavy atom. The van der Waals surface area contributed by atoms with Crippen LogP contribution in [0.4, 0.5) is 0 Å². The van der Waals surface area contributed by atoms with E-state index in [0.29, 0.717) is 24.3 Å². The molecule has 1 aromatic rings. The van der Waals surface area contributed by atoms with Crippen LogP contribution in [-0.2, 0) is 10.2 Å². The molecule has 1 N–H and O–H groups in total. The zero-order chi connectivity index (χ0) is 15.6. The van der Waals surface area contributed by atoms with Crippen molar-refractivity contribution >= 4 is 5.97 Å². The Hall–Kier alpha value is -1.71. The van der Waals surface area contributed by atoms with Crippen molar-refractivity contribution in [1.82, 2.24) is 0 Å². The van der Waals surface area contributed by atoms with E-state index in [1.165, 1.54) is 0 Å². The molecule has 0 bridgehead atoms. The third-order valence-corrected chi connectivity index (χ3v) is 4.54. The molecule has 0 radical (unpaired) electrons. The predicted molar refractivity (Wildman–Crippen MR) is 81.4 cm³/mol. The van der Waals surface area contributed by atoms with Crippen LogP contribution in [0.1, 0.15) is 56.6 Å². The van der Waals surface area contributed by atoms with E-state index < -0.39 is 11.4 Å². The van der Waals surface area contributed by atoms with Gasteiger partial charge in [0.2, 0.25) is 0 Å². The van der Waals surface area contributed by atoms with Crippen molar-refractivity contribution in [1.29, 1.82) is 0 Å². The van der Waals surface area contributed by atoms with Crippen molar-refractivity contribution in [3.63, 3.8) is 0 Å². The van der Waals surface area contributed by atoms with Crippen LogP contribution in [0.3, 0.4) is 0 Å². The Morgan fingerprint density at radius 1 is 1.19 bits per heavy atom. The molecule has 1 aliphatic rings. The molecule has 2 rings (SSSR count). The Kier molecular flexibility index (Phi) is 4.45. The molecule has 0 amide bonds. The van der Waals surface area contributed by atoms with E-state index in [-0.39, 0.29) is 5.92 Å². The average Bonchev–Trinajstić information content (AvgIpc) is 2.95. The smallest absolute Gasteiger partial charge is 0.314 e. The molecule has 116 valence electrons. The highest BCUT2D eigenvalue weighted by Gasteiger charge is 2.47. The predicted octanol–water partition coefficient (Wildman–Crippen LogP) is 3.72. The molecule has 0 aromatic heterocycles. The highest BCUT2D eigenvalue weighted by molar-refractivity contribution is 5.84. The largest absolute Gasteiger partial charge is 0.493 e. The van der Waals surface area contributed by atoms with Crippen molar-refractivity contribution in [2.45, 2.75) is 50.9 Å². The third kappa shape index (κ3) is 2.47. The molecule has 0 saturated heterocycles. The van der Waals surface area contributed by atoms with Crippen LogP contribution in [0.5, 0.6) is 11.5 Å². The van der Waals surface area contributed by atoms with Gasteiger partial charge in [-0.25, -0.2) is 0 Å². The SMILES string of the molecule is COc1ccc(C(C)C)c(C2(C(=O)O)CCCC2)c1OC. The summed E-state index contributed by atoms with van der Waals surface area (Å²) in [6, 6.07) is 3.84. The van der Waals surface area contributed by atoms with Gasteiger partial charge in [0.05, 0.1) is 19.6 Å². The first kappa shape index (κ1) is 15.7. The van der Waals surface area contributed by atoms with Gasteiger partial charge in [0.25, 0.3) is 0 Å². The zero-order valence-electron chi connectivity index (χ0n) is 13.2. The molecule has 0 aliphatic heterocycles. The maximum atomic E-state index is 12.1. The third-order valence-electron chi connectivity index (χ3n) is 4.54. The molecule has 0 spiro atoms. The quantitative estimate of drug-likeness (QED) is 0.898. The summed E-state index contributed by atoms with van der Waals surface area (Å²) in [6.07, 6.45) is 3.19. The molecule has 1 fully saturated rings. The van der Waals surface area contributed by atoms with Crippen molar-refractivity contribution in [2.75, 3.05) is 14.2 Å². The van der Waals surface area contributed by atoms with E-state index in [9.17, 15) is 9.90 Å². The summed E-state index contributed by atoms with van der Waals surface area (Å²) in [5.41, 5.74) is 1.00. The van der Waals surface area contributed by atoms with E-state index >= 15 is 0 Å². The number of rotatable bonds is 5. The standard InChI is InChI=1S/C17H24O4/c1-11(2)12-7-8-13(20-3)15(21-4)14(12)17(16(18)19)9-5-6-10-17/h7-8,11H,5-6,9-10H2,1-4H3,(H,18,19). The fourth-order valence-corrected chi connectivity index (χ4v) is 3.47. The first-order chi connectivity index (χ1) is 9.97. The number of benzene rings is 1. The monoisotopic (exact) mass is 292 g/mol. The summed E-state index contributed by atoms with van der Waals surface area (Å²) < 4.78 is 10.9. The first-order valence-electron chi connectivity index (χ1n) is 7.46. The number of carboxylic acid groups (broad SMARTS) is 1. The normalized spacial score (nSPS) is 17.0. The van der Waals surface area contributed by atoms with Crippen LogP contribution >= 0.6 is 0 Å². The van der Waals surface area contributed by atoms with E-state index in [4.69, 9.17) is 9.47 Å². The van der Waals surface area contributed by atoms with Crippen LogP contribution in [0.15, 0.2) is 12.1 Å². The lowest BCUT2D eigenvalue weighted by Gasteiger charge is -2.31. The van der Waals surface area contributed by atoms with E-state index in [1.54, 1.807) is 14.2 Å². The van der Waals surface area contributed by atoms with Crippen molar-refractivity contribution < 1.29 is 19.4 Å². The maximum absolute atomic E-state index is 12.1. The fourth-order valence-electron chi connectivity index (χ4n) is 3.47. The number of hydrogen-bond acceptors (Lipinski definition) is 3. The summed E-state index contributed by atoms with van der Waals surface area (Å²) in [5, 5.41) is 9.91. The summed E-state index contributed by atoms with van der Waals surface area (Å²) in [7, 11) is 3.16. The Balaban J connectivity index is 2.77. The van der Waals surface area contributed by atoms with Crippen molar-refractivity contribution in [2.24, 2.45) is 0 Å². The maximum Gasteiger partial charge on any atom is 0.314 e. The van der Waals surface area contributed by atoms with Crippen molar-refractivity contribution in [3.8, 4) is 11.5 Å². The van der Waals surface area contributed by atoms with Crippen LogP contribution in [-0.4, -0.2) is 25.3 Å². The number of hydrogen-bond donors (Lipinski definition) is 1. The number of methoxy groups -OCH3 is 2. The van der Waals surface area contributed by atoms with Crippen LogP contribution in [0.25, 0.3) is 0 Å². The minimum Gasteiger partial charge on any atom is -0.493 e. The average molecular weight is 292 g/mol. The topological polar surface area (TPSA) is 55.8 Å². The van der Waals surface area contributed by atoms with Gasteiger partial charge in [-0.15, -0.1) is 0 Å². The van der Waals surface area contributed by atoms with E-state index in [0.717, 1.165) is 24.0 Å². The number of aliphatic carboxylic acids is 1. The number of ether oxygens (including phenoxy) is 2. The van der Waals surface area contributed by atoms with E-state index in [2.05, 4.69) is 13.8 Å². The highest BCUT2D eigenvalue weighted by Crippen LogP contribution is 2.50. The Labute approximate surface area is 126 Å². The van der Waals surface area contributed by atoms with Gasteiger partial charge >= 0.3 is 5.97 Å². The molecule has 0 atom stereocenters. The Morgan fingerprint density at radius 3 is 2.24 bits per heavy atom. The molecular weight excluding hydrogens is 268 g/mol. The van der Waals surface area contributed by atoms with Gasteiger partial charge in [0.1, 0.15) is 0 Å². The lowest BCUT2D eigenvalue weighted by molar-refractivity contribution is -0.143. The number of carbonyl (C=O) groups is 1. The molecular formula is C17H24O4. The first-order valence-corrected chi connectivity index (χ1v) is 7.46. The second-order valence-electron chi connectivity index (χ2n) is 6.01. The molecule has 21 heavy (non-hydrogen) atoms. The van der Waals surface area contributed by atoms with Crippen LogP contribution in [0.2, 0.25) is 0 Å². The molecule has 4 nitrogen and oxygen atoms in total. The molecule has 0 unspecified atom stereocenters.